The molecule has 5 fully saturated rings. The number of Topliss-reactive ketones (excluding diaryl/α,β-unsaturated/α-hetero) is 2. The van der Waals surface area contributed by atoms with Gasteiger partial charge in [0.15, 0.2) is 17.3 Å². The lowest BCUT2D eigenvalue weighted by Gasteiger charge is -2.60. The first-order valence-corrected chi connectivity index (χ1v) is 32.2. The van der Waals surface area contributed by atoms with E-state index in [9.17, 15) is 5.11 Å². The molecule has 6 heterocycles. The van der Waals surface area contributed by atoms with Crippen molar-refractivity contribution < 1.29 is 29.0 Å². The first kappa shape index (κ1) is 56.8. The SMILES string of the molecule is CCN[C@@]12C=C3C=CC[C@H]4CCCC[C@@](C)(CC5=CNC(N)C=C5)Cc5cccc6c5C(=O)[C@]5(O[C@@]5(C/C=C(\C)C[C@]5(C7=CCNC8=C7CC[C@H](NC)N8)CCCNC(=NC)N5)C6=O)C(=O)O[C@H]([C@@H]5C[C@H](O)C6(CCCC6)C[C@H]5C1)[C@@H]2C[C@@H]34. The van der Waals surface area contributed by atoms with E-state index in [0.29, 0.717) is 42.9 Å². The summed E-state index contributed by atoms with van der Waals surface area (Å²) in [4.78, 5) is 53.6. The molecule has 0 radical (unpaired) electrons. The van der Waals surface area contributed by atoms with Crippen molar-refractivity contribution in [3.63, 3.8) is 0 Å². The van der Waals surface area contributed by atoms with E-state index in [0.717, 1.165) is 151 Å². The average Bonchev–Trinajstić information content (AvgIpc) is 1.83. The van der Waals surface area contributed by atoms with Crippen molar-refractivity contribution in [2.75, 3.05) is 33.7 Å². The van der Waals surface area contributed by atoms with Crippen LogP contribution in [0.3, 0.4) is 0 Å². The Morgan fingerprint density at radius 1 is 0.988 bits per heavy atom. The molecule has 1 aromatic rings. The largest absolute Gasteiger partial charge is 0.459 e. The lowest BCUT2D eigenvalue weighted by atomic mass is 9.49. The van der Waals surface area contributed by atoms with Crippen LogP contribution in [0.4, 0.5) is 0 Å². The van der Waals surface area contributed by atoms with E-state index in [-0.39, 0.29) is 59.0 Å². The van der Waals surface area contributed by atoms with E-state index in [1.807, 2.05) is 38.5 Å². The van der Waals surface area contributed by atoms with E-state index in [2.05, 4.69) is 99.4 Å². The summed E-state index contributed by atoms with van der Waals surface area (Å²) < 4.78 is 14.3. The topological polar surface area (TPSA) is 216 Å². The number of hydrogen-bond donors (Lipinski definition) is 9. The number of aliphatic hydroxyl groups is 1. The Kier molecular flexibility index (Phi) is 15.0. The summed E-state index contributed by atoms with van der Waals surface area (Å²) >= 11 is 0. The molecule has 0 aromatic heterocycles. The minimum atomic E-state index is -2.21. The number of aliphatic imine (C=N–C) groups is 1. The Hall–Kier alpha value is -5.32. The molecule has 6 aliphatic heterocycles. The summed E-state index contributed by atoms with van der Waals surface area (Å²) in [7, 11) is 3.80. The molecule has 1 unspecified atom stereocenters. The van der Waals surface area contributed by atoms with E-state index < -0.39 is 46.2 Å². The van der Waals surface area contributed by atoms with Crippen LogP contribution in [0.15, 0.2) is 106 Å². The Labute approximate surface area is 492 Å². The molecule has 1 aromatic carbocycles. The number of carbonyl (C=O) groups excluding carboxylic acids is 3. The third kappa shape index (κ3) is 9.63. The minimum absolute atomic E-state index is 0.0173. The highest BCUT2D eigenvalue weighted by molar-refractivity contribution is 6.33. The Balaban J connectivity index is 0.922. The van der Waals surface area contributed by atoms with Crippen molar-refractivity contribution in [2.24, 2.45) is 51.1 Å². The summed E-state index contributed by atoms with van der Waals surface area (Å²) in [5.41, 5.74) is 8.10. The Morgan fingerprint density at radius 3 is 2.63 bits per heavy atom. The molecule has 14 atom stereocenters. The second-order valence-corrected chi connectivity index (χ2v) is 28.0. The zero-order chi connectivity index (χ0) is 57.5. The van der Waals surface area contributed by atoms with Crippen LogP contribution < -0.4 is 43.0 Å². The molecule has 10 N–H and O–H groups in total. The smallest absolute Gasteiger partial charge is 0.350 e. The number of hydrogen-bond acceptors (Lipinski definition) is 13. The summed E-state index contributed by atoms with van der Waals surface area (Å²) in [6.07, 6.45) is 34.5. The second kappa shape index (κ2) is 21.9. The number of likely N-dealkylation sites (N-methyl/N-ethyl adjacent to an activating group) is 1. The summed E-state index contributed by atoms with van der Waals surface area (Å²) in [5, 5.41) is 37.9. The fourth-order valence-electron chi connectivity index (χ4n) is 19.0. The van der Waals surface area contributed by atoms with Gasteiger partial charge in [0.05, 0.1) is 24.0 Å². The molecule has 15 nitrogen and oxygen atoms in total. The van der Waals surface area contributed by atoms with Crippen LogP contribution in [0, 0.1) is 40.4 Å². The molecule has 6 aliphatic carbocycles. The van der Waals surface area contributed by atoms with Gasteiger partial charge in [-0.2, -0.15) is 0 Å². The highest BCUT2D eigenvalue weighted by Crippen LogP contribution is 2.64. The first-order valence-electron chi connectivity index (χ1n) is 32.2. The van der Waals surface area contributed by atoms with Gasteiger partial charge in [-0.15, -0.1) is 0 Å². The molecule has 0 amide bonds. The maximum Gasteiger partial charge on any atom is 0.350 e. The number of fused-ring (bicyclic) bond motifs is 2. The third-order valence-electron chi connectivity index (χ3n) is 22.9. The molecule has 15 heteroatoms. The highest BCUT2D eigenvalue weighted by Gasteiger charge is 2.86. The van der Waals surface area contributed by atoms with Crippen molar-refractivity contribution in [3.8, 4) is 0 Å². The monoisotopic (exact) mass is 1130 g/mol. The quantitative estimate of drug-likeness (QED) is 0.0467. The number of ketones is 2. The molecule has 2 spiro atoms. The fourth-order valence-corrected chi connectivity index (χ4v) is 19.0. The van der Waals surface area contributed by atoms with E-state index >= 15 is 14.4 Å². The number of esters is 1. The van der Waals surface area contributed by atoms with Gasteiger partial charge in [0, 0.05) is 61.3 Å². The normalized spacial score (nSPS) is 40.3. The standard InChI is InChI=1S/C68H93N9O6/c1-6-75-66-38-44-16-11-15-43-14-7-8-25-63(3,35-42-19-21-54(69)74-40-42)36-45-17-12-18-48-56(45)59(80)68(61(81)82-57(52(66)32-49(43)44)50-33-53(78)64(26-9-10-27-64)37-46(50)39-66)67(83-68,58(48)79)29-23-41(2)34-65(28-13-30-73-62(71-5)77-65)51-24-31-72-60-47(51)20-22-55(70-4)76-60/h11-12,16-19,21,23-24,38,40,43,46,49-50,52-55,57,70,72,74-76,78H,6-10,13-15,20,22,25-37,39,69H2,1-5H3,(H2,71,73,77)/b41-23+/t43-,46+,49-,50-,52+,53+,54?,55-,57-,63+,65+,66+,67+,68+/m1/s1. The van der Waals surface area contributed by atoms with Crippen molar-refractivity contribution in [1.29, 1.82) is 0 Å². The Bertz CT molecular complexity index is 3040. The molecule has 3 saturated carbocycles. The van der Waals surface area contributed by atoms with Crippen molar-refractivity contribution in [2.45, 2.75) is 202 Å². The molecular formula is C68H93N9O6. The number of epoxide rings is 1. The van der Waals surface area contributed by atoms with Crippen LogP contribution in [0.5, 0.6) is 0 Å². The first-order chi connectivity index (χ1) is 40.1. The predicted molar refractivity (Wildman–Crippen MR) is 324 cm³/mol. The summed E-state index contributed by atoms with van der Waals surface area (Å²) in [6.45, 7) is 8.80. The number of dihydropyridines is 2. The zero-order valence-electron chi connectivity index (χ0n) is 50.0. The van der Waals surface area contributed by atoms with Gasteiger partial charge in [0.2, 0.25) is 5.78 Å². The fraction of sp³-hybridized carbons (Fsp3) is 0.647. The molecule has 13 rings (SSSR count). The number of guanidine groups is 1. The van der Waals surface area contributed by atoms with Crippen LogP contribution >= 0.6 is 0 Å². The predicted octanol–water partition coefficient (Wildman–Crippen LogP) is 8.26. The van der Waals surface area contributed by atoms with E-state index in [1.165, 1.54) is 16.7 Å². The van der Waals surface area contributed by atoms with E-state index in [4.69, 9.17) is 15.2 Å². The summed E-state index contributed by atoms with van der Waals surface area (Å²) in [6, 6.07) is 5.69. The van der Waals surface area contributed by atoms with Crippen LogP contribution in [0.2, 0.25) is 0 Å². The van der Waals surface area contributed by atoms with Crippen molar-refractivity contribution in [3.05, 3.63) is 117 Å². The van der Waals surface area contributed by atoms with Gasteiger partial charge in [0.25, 0.3) is 5.60 Å². The molecule has 4 bridgehead atoms. The number of nitrogens with zero attached hydrogens (tertiary/aromatic N) is 1. The number of carbonyl (C=O) groups is 3. The van der Waals surface area contributed by atoms with Crippen LogP contribution in [-0.2, 0) is 20.7 Å². The van der Waals surface area contributed by atoms with Gasteiger partial charge in [-0.05, 0) is 186 Å². The molecular weight excluding hydrogens is 1040 g/mol. The van der Waals surface area contributed by atoms with Crippen LogP contribution in [0.25, 0.3) is 0 Å². The Morgan fingerprint density at radius 2 is 1.83 bits per heavy atom. The second-order valence-electron chi connectivity index (χ2n) is 28.0. The van der Waals surface area contributed by atoms with Gasteiger partial charge >= 0.3 is 5.97 Å². The zero-order valence-corrected chi connectivity index (χ0v) is 50.0. The summed E-state index contributed by atoms with van der Waals surface area (Å²) in [5.74, 6) is 0.838. The number of benzene rings is 1. The van der Waals surface area contributed by atoms with Gasteiger partial charge in [-0.25, -0.2) is 4.79 Å². The number of rotatable bonds is 10. The van der Waals surface area contributed by atoms with Crippen molar-refractivity contribution in [1.82, 2.24) is 37.2 Å². The number of nitrogens with two attached hydrogens (primary N) is 1. The molecule has 83 heavy (non-hydrogen) atoms. The maximum absolute atomic E-state index is 16.5. The van der Waals surface area contributed by atoms with Crippen LogP contribution in [-0.4, -0.2) is 109 Å². The average molecular weight is 1130 g/mol. The third-order valence-corrected chi connectivity index (χ3v) is 22.9. The number of allylic oxidation sites excluding steroid dienone is 5. The van der Waals surface area contributed by atoms with Gasteiger partial charge in [-0.1, -0.05) is 99.8 Å². The number of aliphatic hydroxyl groups excluding tert-OH is 1. The van der Waals surface area contributed by atoms with Crippen molar-refractivity contribution >= 4 is 23.5 Å². The van der Waals surface area contributed by atoms with E-state index in [1.54, 1.807) is 6.07 Å². The van der Waals surface area contributed by atoms with Gasteiger partial charge < -0.3 is 57.5 Å². The number of ether oxygens (including phenoxy) is 2. The minimum Gasteiger partial charge on any atom is -0.459 e. The molecule has 446 valence electrons. The number of nitrogens with one attached hydrogen (secondary N) is 7. The van der Waals surface area contributed by atoms with Crippen LogP contribution in [0.1, 0.15) is 175 Å². The molecule has 2 saturated heterocycles. The van der Waals surface area contributed by atoms with Gasteiger partial charge in [0.1, 0.15) is 11.9 Å². The lowest BCUT2D eigenvalue weighted by molar-refractivity contribution is -0.183. The molecule has 12 aliphatic rings. The lowest BCUT2D eigenvalue weighted by Crippen LogP contribution is -2.66. The highest BCUT2D eigenvalue weighted by atomic mass is 16.7. The maximum atomic E-state index is 16.5. The van der Waals surface area contributed by atoms with Gasteiger partial charge in [-0.3, -0.25) is 14.6 Å².